The first-order chi connectivity index (χ1) is 15.6. The highest BCUT2D eigenvalue weighted by Crippen LogP contribution is 2.49. The lowest BCUT2D eigenvalue weighted by atomic mass is 9.71. The first kappa shape index (κ1) is 22.0. The van der Waals surface area contributed by atoms with Crippen molar-refractivity contribution < 1.29 is 0 Å². The third-order valence-corrected chi connectivity index (χ3v) is 7.43. The minimum Gasteiger partial charge on any atom is -0.0767 e. The van der Waals surface area contributed by atoms with Gasteiger partial charge >= 0.3 is 0 Å². The molecule has 0 aliphatic heterocycles. The molecule has 0 radical (unpaired) electrons. The molecular weight excluding hydrogens is 396 g/mol. The van der Waals surface area contributed by atoms with Crippen LogP contribution < -0.4 is 0 Å². The molecular formula is C33H36. The fourth-order valence-corrected chi connectivity index (χ4v) is 5.69. The second kappa shape index (κ2) is 7.87. The Bertz CT molecular complexity index is 1230. The molecule has 0 fully saturated rings. The molecule has 0 saturated carbocycles. The van der Waals surface area contributed by atoms with Crippen LogP contribution in [0.3, 0.4) is 0 Å². The molecule has 2 aliphatic rings. The number of rotatable bonds is 3. The highest BCUT2D eigenvalue weighted by molar-refractivity contribution is 5.80. The van der Waals surface area contributed by atoms with Crippen LogP contribution in [0.25, 0.3) is 11.1 Å². The zero-order valence-electron chi connectivity index (χ0n) is 20.9. The van der Waals surface area contributed by atoms with Crippen LogP contribution in [0.5, 0.6) is 0 Å². The Kier molecular flexibility index (Phi) is 5.24. The predicted molar refractivity (Wildman–Crippen MR) is 142 cm³/mol. The SMILES string of the molecule is CC(C)(C)c1ccc2c(c1)Cc1c-2ccc(C(C)(C)C)c1C(c1ccccc1)C1C=CC=C1. The fourth-order valence-electron chi connectivity index (χ4n) is 5.69. The van der Waals surface area contributed by atoms with E-state index in [1.807, 2.05) is 0 Å². The number of fused-ring (bicyclic) bond motifs is 3. The van der Waals surface area contributed by atoms with Crippen LogP contribution in [0.1, 0.15) is 80.8 Å². The van der Waals surface area contributed by atoms with E-state index >= 15 is 0 Å². The summed E-state index contributed by atoms with van der Waals surface area (Å²) >= 11 is 0. The minimum atomic E-state index is 0.0781. The van der Waals surface area contributed by atoms with E-state index in [0.717, 1.165) is 6.42 Å². The monoisotopic (exact) mass is 432 g/mol. The molecule has 33 heavy (non-hydrogen) atoms. The lowest BCUT2D eigenvalue weighted by Crippen LogP contribution is -2.21. The molecule has 0 N–H and O–H groups in total. The van der Waals surface area contributed by atoms with Gasteiger partial charge in [-0.15, -0.1) is 0 Å². The van der Waals surface area contributed by atoms with Crippen LogP contribution in [0, 0.1) is 5.92 Å². The summed E-state index contributed by atoms with van der Waals surface area (Å²) in [6, 6.07) is 23.1. The quantitative estimate of drug-likeness (QED) is 0.303. The van der Waals surface area contributed by atoms with Crippen LogP contribution in [0.4, 0.5) is 0 Å². The summed E-state index contributed by atoms with van der Waals surface area (Å²) in [5, 5.41) is 0. The Balaban J connectivity index is 1.75. The molecule has 2 aliphatic carbocycles. The maximum atomic E-state index is 2.46. The molecule has 1 unspecified atom stereocenters. The van der Waals surface area contributed by atoms with Gasteiger partial charge in [-0.05, 0) is 61.8 Å². The van der Waals surface area contributed by atoms with Gasteiger partial charge in [0.05, 0.1) is 0 Å². The van der Waals surface area contributed by atoms with E-state index in [4.69, 9.17) is 0 Å². The molecule has 0 bridgehead atoms. The van der Waals surface area contributed by atoms with Gasteiger partial charge in [0.1, 0.15) is 0 Å². The average Bonchev–Trinajstić information content (AvgIpc) is 3.41. The average molecular weight is 433 g/mol. The van der Waals surface area contributed by atoms with Crippen molar-refractivity contribution in [3.8, 4) is 11.1 Å². The molecule has 0 aromatic heterocycles. The number of allylic oxidation sites excluding steroid dienone is 4. The highest BCUT2D eigenvalue weighted by atomic mass is 14.4. The van der Waals surface area contributed by atoms with E-state index in [-0.39, 0.29) is 10.8 Å². The molecule has 0 heteroatoms. The van der Waals surface area contributed by atoms with E-state index in [9.17, 15) is 0 Å². The molecule has 168 valence electrons. The van der Waals surface area contributed by atoms with Gasteiger partial charge in [-0.25, -0.2) is 0 Å². The van der Waals surface area contributed by atoms with Crippen LogP contribution in [-0.4, -0.2) is 0 Å². The largest absolute Gasteiger partial charge is 0.0767 e. The van der Waals surface area contributed by atoms with E-state index < -0.39 is 0 Å². The number of hydrogen-bond acceptors (Lipinski definition) is 0. The lowest BCUT2D eigenvalue weighted by Gasteiger charge is -2.32. The first-order valence-electron chi connectivity index (χ1n) is 12.3. The zero-order chi connectivity index (χ0) is 23.4. The summed E-state index contributed by atoms with van der Waals surface area (Å²) in [6.07, 6.45) is 10.2. The number of hydrogen-bond donors (Lipinski definition) is 0. The smallest absolute Gasteiger partial charge is 0.0193 e. The second-order valence-corrected chi connectivity index (χ2v) is 11.8. The van der Waals surface area contributed by atoms with Crippen molar-refractivity contribution in [1.29, 1.82) is 0 Å². The van der Waals surface area contributed by atoms with Crippen molar-refractivity contribution in [2.45, 2.75) is 64.7 Å². The van der Waals surface area contributed by atoms with E-state index in [2.05, 4.69) is 127 Å². The maximum Gasteiger partial charge on any atom is 0.0193 e. The maximum absolute atomic E-state index is 2.46. The Hall–Kier alpha value is -2.86. The molecule has 3 aromatic rings. The molecule has 0 spiro atoms. The Morgan fingerprint density at radius 1 is 0.727 bits per heavy atom. The van der Waals surface area contributed by atoms with Gasteiger partial charge in [-0.3, -0.25) is 0 Å². The van der Waals surface area contributed by atoms with Crippen molar-refractivity contribution in [3.63, 3.8) is 0 Å². The van der Waals surface area contributed by atoms with E-state index in [1.54, 1.807) is 5.56 Å². The van der Waals surface area contributed by atoms with Gasteiger partial charge < -0.3 is 0 Å². The third-order valence-electron chi connectivity index (χ3n) is 7.43. The van der Waals surface area contributed by atoms with Crippen LogP contribution >= 0.6 is 0 Å². The number of benzene rings is 3. The van der Waals surface area contributed by atoms with Crippen LogP contribution in [0.15, 0.2) is 85.0 Å². The summed E-state index contributed by atoms with van der Waals surface area (Å²) < 4.78 is 0. The van der Waals surface area contributed by atoms with E-state index in [0.29, 0.717) is 11.8 Å². The molecule has 3 aromatic carbocycles. The van der Waals surface area contributed by atoms with Crippen LogP contribution in [0.2, 0.25) is 0 Å². The van der Waals surface area contributed by atoms with Gasteiger partial charge in [0.2, 0.25) is 0 Å². The molecule has 5 rings (SSSR count). The lowest BCUT2D eigenvalue weighted by molar-refractivity contribution is 0.565. The Morgan fingerprint density at radius 2 is 1.39 bits per heavy atom. The Morgan fingerprint density at radius 3 is 2.03 bits per heavy atom. The molecule has 1 atom stereocenters. The van der Waals surface area contributed by atoms with Crippen molar-refractivity contribution >= 4 is 0 Å². The van der Waals surface area contributed by atoms with Gasteiger partial charge in [0.25, 0.3) is 0 Å². The summed E-state index contributed by atoms with van der Waals surface area (Å²) in [6.45, 7) is 14.0. The fraction of sp³-hybridized carbons (Fsp3) is 0.333. The minimum absolute atomic E-state index is 0.0781. The van der Waals surface area contributed by atoms with Gasteiger partial charge in [0, 0.05) is 11.8 Å². The van der Waals surface area contributed by atoms with Crippen molar-refractivity contribution in [2.75, 3.05) is 0 Å². The molecule has 0 nitrogen and oxygen atoms in total. The topological polar surface area (TPSA) is 0 Å². The molecule has 0 heterocycles. The van der Waals surface area contributed by atoms with Crippen molar-refractivity contribution in [2.24, 2.45) is 5.92 Å². The van der Waals surface area contributed by atoms with Gasteiger partial charge in [-0.1, -0.05) is 127 Å². The zero-order valence-corrected chi connectivity index (χ0v) is 20.9. The summed E-state index contributed by atoms with van der Waals surface area (Å²) in [5.41, 5.74) is 12.0. The van der Waals surface area contributed by atoms with E-state index in [1.165, 1.54) is 38.9 Å². The standard InChI is InChI=1S/C33H36/c1-32(2,3)25-16-17-26-24(20-25)21-28-27(26)18-19-29(33(4,5)6)31(28)30(23-14-10-11-15-23)22-12-8-7-9-13-22/h7-20,23,30H,21H2,1-6H3. The van der Waals surface area contributed by atoms with Crippen molar-refractivity contribution in [3.05, 3.63) is 118 Å². The first-order valence-corrected chi connectivity index (χ1v) is 12.3. The summed E-state index contributed by atoms with van der Waals surface area (Å²) in [7, 11) is 0. The molecule has 0 saturated heterocycles. The highest BCUT2D eigenvalue weighted by Gasteiger charge is 2.34. The summed E-state index contributed by atoms with van der Waals surface area (Å²) in [4.78, 5) is 0. The predicted octanol–water partition coefficient (Wildman–Crippen LogP) is 8.73. The second-order valence-electron chi connectivity index (χ2n) is 11.8. The summed E-state index contributed by atoms with van der Waals surface area (Å²) in [5.74, 6) is 0.704. The molecule has 0 amide bonds. The van der Waals surface area contributed by atoms with Gasteiger partial charge in [0.15, 0.2) is 0 Å². The normalized spacial score (nSPS) is 16.2. The van der Waals surface area contributed by atoms with Crippen molar-refractivity contribution in [1.82, 2.24) is 0 Å². The third kappa shape index (κ3) is 3.90. The van der Waals surface area contributed by atoms with Crippen LogP contribution in [-0.2, 0) is 17.3 Å². The van der Waals surface area contributed by atoms with Gasteiger partial charge in [-0.2, -0.15) is 0 Å². The Labute approximate surface area is 200 Å².